The summed E-state index contributed by atoms with van der Waals surface area (Å²) in [4.78, 5) is 22.5. The standard InChI is InChI=1S/C16H13ClN4.C4H9NO2/c1-11-7-12(5-6-19-11)15-9-18-10-16(21-15)20-14-4-2-3-13(17)8-14;6-3-1-2-5-4-7/h2-10H,1H3,(H,20,21);4,6H,1-3H2,(H,5,7). The molecule has 2 aromatic heterocycles. The van der Waals surface area contributed by atoms with Crippen LogP contribution in [0.25, 0.3) is 11.3 Å². The summed E-state index contributed by atoms with van der Waals surface area (Å²) in [5, 5.41) is 14.4. The molecule has 0 saturated carbocycles. The van der Waals surface area contributed by atoms with Gasteiger partial charge in [0.1, 0.15) is 5.82 Å². The summed E-state index contributed by atoms with van der Waals surface area (Å²) in [6.45, 7) is 2.66. The van der Waals surface area contributed by atoms with Crippen molar-refractivity contribution in [2.45, 2.75) is 13.3 Å². The van der Waals surface area contributed by atoms with Gasteiger partial charge in [-0.3, -0.25) is 14.8 Å². The van der Waals surface area contributed by atoms with Crippen molar-refractivity contribution in [1.29, 1.82) is 0 Å². The van der Waals surface area contributed by atoms with E-state index < -0.39 is 0 Å². The fourth-order valence-corrected chi connectivity index (χ4v) is 2.41. The first kappa shape index (κ1) is 21.3. The molecule has 0 atom stereocenters. The highest BCUT2D eigenvalue weighted by Gasteiger charge is 2.03. The number of carbonyl (C=O) groups excluding carboxylic acids is 1. The van der Waals surface area contributed by atoms with Crippen molar-refractivity contribution in [2.24, 2.45) is 0 Å². The molecule has 7 nitrogen and oxygen atoms in total. The number of rotatable bonds is 7. The van der Waals surface area contributed by atoms with Crippen molar-refractivity contribution in [3.05, 3.63) is 65.7 Å². The van der Waals surface area contributed by atoms with Crippen LogP contribution in [0.3, 0.4) is 0 Å². The predicted octanol–water partition coefficient (Wildman–Crippen LogP) is 3.36. The summed E-state index contributed by atoms with van der Waals surface area (Å²) < 4.78 is 0. The molecule has 0 aliphatic heterocycles. The molecule has 2 heterocycles. The smallest absolute Gasteiger partial charge is 0.207 e. The number of aromatic nitrogens is 3. The van der Waals surface area contributed by atoms with Gasteiger partial charge in [0.25, 0.3) is 0 Å². The Labute approximate surface area is 168 Å². The average molecular weight is 400 g/mol. The van der Waals surface area contributed by atoms with E-state index in [9.17, 15) is 4.79 Å². The van der Waals surface area contributed by atoms with Gasteiger partial charge in [-0.2, -0.15) is 0 Å². The quantitative estimate of drug-likeness (QED) is 0.416. The minimum absolute atomic E-state index is 0.140. The first-order chi connectivity index (χ1) is 13.6. The normalized spacial score (nSPS) is 9.82. The van der Waals surface area contributed by atoms with E-state index in [2.05, 4.69) is 25.6 Å². The lowest BCUT2D eigenvalue weighted by Gasteiger charge is -2.07. The van der Waals surface area contributed by atoms with Crippen LogP contribution in [0.1, 0.15) is 12.1 Å². The van der Waals surface area contributed by atoms with Crippen LogP contribution in [-0.2, 0) is 4.79 Å². The summed E-state index contributed by atoms with van der Waals surface area (Å²) in [6, 6.07) is 11.4. The number of nitrogens with one attached hydrogen (secondary N) is 2. The number of hydrogen-bond donors (Lipinski definition) is 3. The van der Waals surface area contributed by atoms with Crippen LogP contribution < -0.4 is 10.6 Å². The number of amides is 1. The van der Waals surface area contributed by atoms with Gasteiger partial charge in [-0.25, -0.2) is 4.98 Å². The molecule has 1 amide bonds. The van der Waals surface area contributed by atoms with Gasteiger partial charge in [0.05, 0.1) is 18.1 Å². The molecule has 8 heteroatoms. The topological polar surface area (TPSA) is 100 Å². The molecular formula is C20H22ClN5O2. The molecule has 0 aliphatic rings. The average Bonchev–Trinajstić information content (AvgIpc) is 2.69. The molecule has 3 rings (SSSR count). The van der Waals surface area contributed by atoms with E-state index in [-0.39, 0.29) is 6.61 Å². The highest BCUT2D eigenvalue weighted by atomic mass is 35.5. The second-order valence-corrected chi connectivity index (χ2v) is 6.20. The minimum Gasteiger partial charge on any atom is -0.396 e. The Hall–Kier alpha value is -3.03. The second-order valence-electron chi connectivity index (χ2n) is 5.76. The molecule has 1 aromatic carbocycles. The predicted molar refractivity (Wildman–Crippen MR) is 111 cm³/mol. The van der Waals surface area contributed by atoms with Crippen LogP contribution >= 0.6 is 11.6 Å². The van der Waals surface area contributed by atoms with E-state index >= 15 is 0 Å². The van der Waals surface area contributed by atoms with Gasteiger partial charge >= 0.3 is 0 Å². The Morgan fingerprint density at radius 1 is 1.21 bits per heavy atom. The zero-order valence-corrected chi connectivity index (χ0v) is 16.2. The summed E-state index contributed by atoms with van der Waals surface area (Å²) in [5.74, 6) is 0.671. The lowest BCUT2D eigenvalue weighted by Crippen LogP contribution is -2.12. The van der Waals surface area contributed by atoms with Crippen molar-refractivity contribution in [3.63, 3.8) is 0 Å². The third-order valence-electron chi connectivity index (χ3n) is 3.49. The molecule has 146 valence electrons. The van der Waals surface area contributed by atoms with E-state index in [0.29, 0.717) is 30.2 Å². The third kappa shape index (κ3) is 7.30. The largest absolute Gasteiger partial charge is 0.396 e. The van der Waals surface area contributed by atoms with Crippen molar-refractivity contribution in [1.82, 2.24) is 20.3 Å². The van der Waals surface area contributed by atoms with Gasteiger partial charge in [-0.15, -0.1) is 0 Å². The number of aliphatic hydroxyl groups is 1. The number of pyridine rings is 1. The number of aryl methyl sites for hydroxylation is 1. The number of anilines is 2. The molecule has 0 aliphatic carbocycles. The maximum Gasteiger partial charge on any atom is 0.207 e. The maximum absolute atomic E-state index is 9.49. The number of benzene rings is 1. The molecule has 3 aromatic rings. The summed E-state index contributed by atoms with van der Waals surface area (Å²) in [5.41, 5.74) is 3.61. The number of halogens is 1. The molecule has 0 radical (unpaired) electrons. The number of aliphatic hydroxyl groups excluding tert-OH is 1. The number of hydrogen-bond acceptors (Lipinski definition) is 6. The van der Waals surface area contributed by atoms with Crippen LogP contribution in [0.4, 0.5) is 11.5 Å². The Kier molecular flexibility index (Phi) is 8.84. The molecular weight excluding hydrogens is 378 g/mol. The molecule has 3 N–H and O–H groups in total. The van der Waals surface area contributed by atoms with Crippen molar-refractivity contribution in [2.75, 3.05) is 18.5 Å². The van der Waals surface area contributed by atoms with E-state index in [1.54, 1.807) is 18.6 Å². The van der Waals surface area contributed by atoms with E-state index in [1.165, 1.54) is 0 Å². The Morgan fingerprint density at radius 2 is 2.07 bits per heavy atom. The third-order valence-corrected chi connectivity index (χ3v) is 3.72. The number of carbonyl (C=O) groups is 1. The zero-order chi connectivity index (χ0) is 20.2. The highest BCUT2D eigenvalue weighted by molar-refractivity contribution is 6.30. The molecule has 0 fully saturated rings. The van der Waals surface area contributed by atoms with Crippen molar-refractivity contribution in [3.8, 4) is 11.3 Å². The molecule has 0 saturated heterocycles. The van der Waals surface area contributed by atoms with Gasteiger partial charge in [0, 0.05) is 41.3 Å². The van der Waals surface area contributed by atoms with Crippen molar-refractivity contribution < 1.29 is 9.90 Å². The van der Waals surface area contributed by atoms with Crippen molar-refractivity contribution >= 4 is 29.5 Å². The first-order valence-corrected chi connectivity index (χ1v) is 9.05. The summed E-state index contributed by atoms with van der Waals surface area (Å²) in [6.07, 6.45) is 6.44. The highest BCUT2D eigenvalue weighted by Crippen LogP contribution is 2.21. The maximum atomic E-state index is 9.49. The molecule has 0 spiro atoms. The van der Waals surface area contributed by atoms with Gasteiger partial charge < -0.3 is 15.7 Å². The van der Waals surface area contributed by atoms with E-state index in [4.69, 9.17) is 16.7 Å². The van der Waals surface area contributed by atoms with Crippen LogP contribution in [-0.4, -0.2) is 39.6 Å². The van der Waals surface area contributed by atoms with Crippen LogP contribution in [0.5, 0.6) is 0 Å². The van der Waals surface area contributed by atoms with Gasteiger partial charge in [0.15, 0.2) is 0 Å². The first-order valence-electron chi connectivity index (χ1n) is 8.68. The lowest BCUT2D eigenvalue weighted by molar-refractivity contribution is -0.109. The van der Waals surface area contributed by atoms with Gasteiger partial charge in [0.2, 0.25) is 6.41 Å². The van der Waals surface area contributed by atoms with E-state index in [0.717, 1.165) is 22.6 Å². The second kappa shape index (κ2) is 11.6. The lowest BCUT2D eigenvalue weighted by atomic mass is 10.2. The molecule has 0 unspecified atom stereocenters. The van der Waals surface area contributed by atoms with Crippen LogP contribution in [0, 0.1) is 6.92 Å². The van der Waals surface area contributed by atoms with E-state index in [1.807, 2.05) is 43.3 Å². The Bertz CT molecular complexity index is 892. The van der Waals surface area contributed by atoms with Gasteiger partial charge in [-0.05, 0) is 43.7 Å². The Morgan fingerprint density at radius 3 is 2.79 bits per heavy atom. The summed E-state index contributed by atoms with van der Waals surface area (Å²) >= 11 is 5.97. The molecule has 28 heavy (non-hydrogen) atoms. The SMILES string of the molecule is Cc1cc(-c2cncc(Nc3cccc(Cl)c3)n2)ccn1.O=CNCCCO. The fraction of sp³-hybridized carbons (Fsp3) is 0.200. The summed E-state index contributed by atoms with van der Waals surface area (Å²) in [7, 11) is 0. The Balaban J connectivity index is 0.000000345. The minimum atomic E-state index is 0.140. The fourth-order valence-electron chi connectivity index (χ4n) is 2.22. The zero-order valence-electron chi connectivity index (χ0n) is 15.5. The monoisotopic (exact) mass is 399 g/mol. The van der Waals surface area contributed by atoms with Crippen LogP contribution in [0.2, 0.25) is 5.02 Å². The van der Waals surface area contributed by atoms with Gasteiger partial charge in [-0.1, -0.05) is 17.7 Å². The van der Waals surface area contributed by atoms with Crippen LogP contribution in [0.15, 0.2) is 55.0 Å². The number of nitrogens with zero attached hydrogens (tertiary/aromatic N) is 3. The molecule has 0 bridgehead atoms.